The highest BCUT2D eigenvalue weighted by Crippen LogP contribution is 2.13. The number of rotatable bonds is 15. The molecule has 4 N–H and O–H groups in total. The van der Waals surface area contributed by atoms with E-state index in [9.17, 15) is 18.4 Å². The number of halogens is 2. The highest BCUT2D eigenvalue weighted by atomic mass is 19.1. The van der Waals surface area contributed by atoms with Crippen LogP contribution in [-0.2, 0) is 33.7 Å². The Morgan fingerprint density at radius 2 is 1.71 bits per heavy atom. The van der Waals surface area contributed by atoms with Gasteiger partial charge in [-0.3, -0.25) is 9.59 Å². The van der Waals surface area contributed by atoms with Crippen molar-refractivity contribution in [2.45, 2.75) is 71.1 Å². The molecule has 2 rings (SSSR count). The van der Waals surface area contributed by atoms with E-state index in [1.54, 1.807) is 0 Å². The zero-order valence-electron chi connectivity index (χ0n) is 20.6. The third-order valence-corrected chi connectivity index (χ3v) is 5.64. The van der Waals surface area contributed by atoms with Gasteiger partial charge in [0.2, 0.25) is 5.91 Å². The van der Waals surface area contributed by atoms with Crippen molar-refractivity contribution >= 4 is 11.9 Å². The molecule has 192 valence electrons. The van der Waals surface area contributed by atoms with E-state index in [2.05, 4.69) is 36.6 Å². The van der Waals surface area contributed by atoms with Gasteiger partial charge in [0.15, 0.2) is 0 Å². The van der Waals surface area contributed by atoms with Gasteiger partial charge in [0.1, 0.15) is 24.2 Å². The maximum atomic E-state index is 13.6. The average Bonchev–Trinajstić information content (AvgIpc) is 2.80. The van der Waals surface area contributed by atoms with E-state index >= 15 is 0 Å². The first-order valence-electron chi connectivity index (χ1n) is 12.3. The lowest BCUT2D eigenvalue weighted by Crippen LogP contribution is -2.46. The van der Waals surface area contributed by atoms with Crippen molar-refractivity contribution < 1.29 is 23.1 Å². The van der Waals surface area contributed by atoms with Crippen molar-refractivity contribution in [3.63, 3.8) is 0 Å². The number of nitrogens with one attached hydrogen (secondary N) is 2. The molecule has 0 radical (unpaired) electrons. The number of benzene rings is 2. The maximum absolute atomic E-state index is 13.6. The van der Waals surface area contributed by atoms with E-state index in [-0.39, 0.29) is 13.0 Å². The summed E-state index contributed by atoms with van der Waals surface area (Å²) in [6.45, 7) is 5.40. The monoisotopic (exact) mass is 489 g/mol. The number of carbonyl (C=O) groups is 2. The van der Waals surface area contributed by atoms with Crippen molar-refractivity contribution in [2.24, 2.45) is 5.73 Å². The lowest BCUT2D eigenvalue weighted by molar-refractivity contribution is -0.152. The van der Waals surface area contributed by atoms with Gasteiger partial charge in [-0.1, -0.05) is 51.0 Å². The van der Waals surface area contributed by atoms with Crippen molar-refractivity contribution in [3.05, 3.63) is 70.8 Å². The Labute approximate surface area is 206 Å². The molecule has 0 heterocycles. The first-order chi connectivity index (χ1) is 16.8. The number of carbonyl (C=O) groups excluding carboxylic acids is 2. The van der Waals surface area contributed by atoms with Gasteiger partial charge in [-0.25, -0.2) is 8.78 Å². The smallest absolute Gasteiger partial charge is 0.315 e. The molecule has 6 nitrogen and oxygen atoms in total. The summed E-state index contributed by atoms with van der Waals surface area (Å²) < 4.78 is 32.8. The Morgan fingerprint density at radius 1 is 1.00 bits per heavy atom. The number of esters is 1. The van der Waals surface area contributed by atoms with Gasteiger partial charge in [0.05, 0.1) is 0 Å². The first kappa shape index (κ1) is 28.4. The number of hydrogen-bond donors (Lipinski definition) is 3. The highest BCUT2D eigenvalue weighted by molar-refractivity contribution is 5.94. The molecule has 2 aromatic rings. The molecule has 0 aliphatic heterocycles. The lowest BCUT2D eigenvalue weighted by Gasteiger charge is -2.25. The van der Waals surface area contributed by atoms with Crippen LogP contribution in [0.4, 0.5) is 8.78 Å². The zero-order chi connectivity index (χ0) is 25.6. The molecule has 1 amide bonds. The molecule has 0 aliphatic rings. The summed E-state index contributed by atoms with van der Waals surface area (Å²) >= 11 is 0. The average molecular weight is 490 g/mol. The highest BCUT2D eigenvalue weighted by Gasteiger charge is 2.24. The predicted octanol–water partition coefficient (Wildman–Crippen LogP) is 3.80. The normalized spacial score (nSPS) is 12.7. The molecule has 0 saturated carbocycles. The second-order valence-electron chi connectivity index (χ2n) is 8.71. The number of amides is 1. The molecule has 35 heavy (non-hydrogen) atoms. The molecule has 0 saturated heterocycles. The standard InChI is InChI=1S/C27H37F2N3O3/c1-3-5-6-10-32-26(33)16-27(34)35-25(18-31-17-20-9-7-8-19(4-2)11-20)24(30)14-21-12-22(28)15-23(29)13-21/h7-9,11-13,15,24-25,31H,3-6,10,14,16-18,30H2,1-2H3,(H,32,33)/t24-,25+/m0/s1. The molecule has 0 aromatic heterocycles. The number of unbranched alkanes of at least 4 members (excludes halogenated alkanes) is 2. The fourth-order valence-corrected chi connectivity index (χ4v) is 3.74. The summed E-state index contributed by atoms with van der Waals surface area (Å²) in [5.74, 6) is -2.50. The molecule has 0 spiro atoms. The Bertz CT molecular complexity index is 935. The summed E-state index contributed by atoms with van der Waals surface area (Å²) in [5.41, 5.74) is 8.95. The van der Waals surface area contributed by atoms with Crippen LogP contribution < -0.4 is 16.4 Å². The molecule has 0 aliphatic carbocycles. The van der Waals surface area contributed by atoms with Crippen LogP contribution in [0, 0.1) is 11.6 Å². The largest absolute Gasteiger partial charge is 0.459 e. The Balaban J connectivity index is 1.99. The van der Waals surface area contributed by atoms with Crippen molar-refractivity contribution in [1.29, 1.82) is 0 Å². The molecular weight excluding hydrogens is 452 g/mol. The zero-order valence-corrected chi connectivity index (χ0v) is 20.6. The summed E-state index contributed by atoms with van der Waals surface area (Å²) in [5, 5.41) is 5.95. The second kappa shape index (κ2) is 15.2. The van der Waals surface area contributed by atoms with Gasteiger partial charge in [-0.15, -0.1) is 0 Å². The van der Waals surface area contributed by atoms with Gasteiger partial charge in [0.25, 0.3) is 0 Å². The molecule has 0 bridgehead atoms. The number of nitrogens with two attached hydrogens (primary N) is 1. The van der Waals surface area contributed by atoms with Crippen LogP contribution in [0.5, 0.6) is 0 Å². The third-order valence-electron chi connectivity index (χ3n) is 5.64. The minimum absolute atomic E-state index is 0.100. The Kier molecular flexibility index (Phi) is 12.3. The second-order valence-corrected chi connectivity index (χ2v) is 8.71. The topological polar surface area (TPSA) is 93.5 Å². The Hall–Kier alpha value is -2.84. The number of ether oxygens (including phenoxy) is 1. The van der Waals surface area contributed by atoms with Crippen molar-refractivity contribution in [1.82, 2.24) is 10.6 Å². The number of hydrogen-bond acceptors (Lipinski definition) is 5. The van der Waals surface area contributed by atoms with Crippen LogP contribution in [0.2, 0.25) is 0 Å². The minimum atomic E-state index is -0.795. The van der Waals surface area contributed by atoms with Gasteiger partial charge in [-0.2, -0.15) is 0 Å². The van der Waals surface area contributed by atoms with Crippen LogP contribution >= 0.6 is 0 Å². The summed E-state index contributed by atoms with van der Waals surface area (Å²) in [7, 11) is 0. The van der Waals surface area contributed by atoms with E-state index in [1.807, 2.05) is 12.1 Å². The van der Waals surface area contributed by atoms with E-state index in [4.69, 9.17) is 10.5 Å². The van der Waals surface area contributed by atoms with Gasteiger partial charge < -0.3 is 21.1 Å². The van der Waals surface area contributed by atoms with Crippen molar-refractivity contribution in [3.8, 4) is 0 Å². The molecular formula is C27H37F2N3O3. The van der Waals surface area contributed by atoms with Crippen LogP contribution in [0.1, 0.15) is 56.2 Å². The fourth-order valence-electron chi connectivity index (χ4n) is 3.74. The van der Waals surface area contributed by atoms with Crippen LogP contribution in [0.3, 0.4) is 0 Å². The summed E-state index contributed by atoms with van der Waals surface area (Å²) in [6, 6.07) is 10.6. The third kappa shape index (κ3) is 11.0. The van der Waals surface area contributed by atoms with Crippen LogP contribution in [0.25, 0.3) is 0 Å². The van der Waals surface area contributed by atoms with E-state index in [1.165, 1.54) is 17.7 Å². The molecule has 2 atom stereocenters. The molecule has 0 fully saturated rings. The summed E-state index contributed by atoms with van der Waals surface area (Å²) in [6.07, 6.45) is 2.68. The SMILES string of the molecule is CCCCCNC(=O)CC(=O)O[C@H](CNCc1cccc(CC)c1)[C@@H](N)Cc1cc(F)cc(F)c1. The van der Waals surface area contributed by atoms with E-state index < -0.39 is 42.1 Å². The molecule has 2 aromatic carbocycles. The summed E-state index contributed by atoms with van der Waals surface area (Å²) in [4.78, 5) is 24.5. The minimum Gasteiger partial charge on any atom is -0.459 e. The van der Waals surface area contributed by atoms with Crippen molar-refractivity contribution in [2.75, 3.05) is 13.1 Å². The lowest BCUT2D eigenvalue weighted by atomic mass is 10.0. The van der Waals surface area contributed by atoms with Crippen LogP contribution in [-0.4, -0.2) is 37.1 Å². The Morgan fingerprint density at radius 3 is 2.40 bits per heavy atom. The maximum Gasteiger partial charge on any atom is 0.315 e. The van der Waals surface area contributed by atoms with Crippen LogP contribution in [0.15, 0.2) is 42.5 Å². The van der Waals surface area contributed by atoms with Gasteiger partial charge >= 0.3 is 5.97 Å². The van der Waals surface area contributed by atoms with E-state index in [0.717, 1.165) is 37.3 Å². The van der Waals surface area contributed by atoms with Gasteiger partial charge in [0, 0.05) is 31.7 Å². The predicted molar refractivity (Wildman–Crippen MR) is 133 cm³/mol. The van der Waals surface area contributed by atoms with Gasteiger partial charge in [-0.05, 0) is 48.1 Å². The van der Waals surface area contributed by atoms with E-state index in [0.29, 0.717) is 18.7 Å². The molecule has 8 heteroatoms. The first-order valence-corrected chi connectivity index (χ1v) is 12.3. The quantitative estimate of drug-likeness (QED) is 0.201. The molecule has 0 unspecified atom stereocenters. The fraction of sp³-hybridized carbons (Fsp3) is 0.481. The number of aryl methyl sites for hydroxylation is 1.